The molecule has 0 aliphatic carbocycles. The topological polar surface area (TPSA) is 90.3 Å². The van der Waals surface area contributed by atoms with Gasteiger partial charge in [-0.2, -0.15) is 0 Å². The maximum atomic E-state index is 12.7. The van der Waals surface area contributed by atoms with Crippen molar-refractivity contribution >= 4 is 17.3 Å². The third-order valence-electron chi connectivity index (χ3n) is 5.56. The van der Waals surface area contributed by atoms with Crippen LogP contribution in [0.3, 0.4) is 0 Å². The van der Waals surface area contributed by atoms with Gasteiger partial charge in [-0.3, -0.25) is 14.9 Å². The average molecular weight is 400 g/mol. The molecule has 154 valence electrons. The fourth-order valence-corrected chi connectivity index (χ4v) is 3.74. The van der Waals surface area contributed by atoms with Crippen LogP contribution in [0.25, 0.3) is 0 Å². The van der Waals surface area contributed by atoms with Gasteiger partial charge < -0.3 is 19.9 Å². The molecule has 29 heavy (non-hydrogen) atoms. The molecule has 1 aliphatic rings. The van der Waals surface area contributed by atoms with Crippen LogP contribution in [0, 0.1) is 10.1 Å². The number of carbonyl (C=O) groups is 1. The quantitative estimate of drug-likeness (QED) is 0.448. The number of piperazine rings is 1. The summed E-state index contributed by atoms with van der Waals surface area (Å²) in [5, 5.41) is 14.0. The Hall–Kier alpha value is -2.97. The van der Waals surface area contributed by atoms with Gasteiger partial charge in [-0.05, 0) is 19.1 Å². The van der Waals surface area contributed by atoms with E-state index in [1.54, 1.807) is 6.07 Å². The molecule has 1 heterocycles. The molecular weight excluding hydrogens is 372 g/mol. The van der Waals surface area contributed by atoms with E-state index in [1.807, 2.05) is 13.0 Å². The van der Waals surface area contributed by atoms with E-state index in [2.05, 4.69) is 29.6 Å². The van der Waals surface area contributed by atoms with Crippen molar-refractivity contribution in [3.05, 3.63) is 64.2 Å². The standard InChI is InChI=1S/C21H26N4O4/c1-16(21(26)22-19-9-8-18(29-2)14-20(19)25(27)28)24-12-10-23(11-13-24)15-17-6-4-3-5-7-17/h3-9,14,16H,10-13,15H2,1-2H3,(H,22,26)/p+2/t16-/m0/s1. The lowest BCUT2D eigenvalue weighted by molar-refractivity contribution is -1.02. The second-order valence-electron chi connectivity index (χ2n) is 7.42. The van der Waals surface area contributed by atoms with Crippen molar-refractivity contribution < 1.29 is 24.3 Å². The molecule has 0 bridgehead atoms. The Morgan fingerprint density at radius 1 is 1.17 bits per heavy atom. The maximum Gasteiger partial charge on any atom is 0.296 e. The first kappa shape index (κ1) is 20.8. The number of anilines is 1. The second-order valence-corrected chi connectivity index (χ2v) is 7.42. The first-order valence-corrected chi connectivity index (χ1v) is 9.83. The molecule has 2 aromatic carbocycles. The molecule has 3 N–H and O–H groups in total. The number of hydrogen-bond donors (Lipinski definition) is 3. The molecule has 0 radical (unpaired) electrons. The van der Waals surface area contributed by atoms with Crippen LogP contribution in [-0.2, 0) is 11.3 Å². The molecule has 0 unspecified atom stereocenters. The van der Waals surface area contributed by atoms with Crippen LogP contribution in [-0.4, -0.2) is 50.2 Å². The molecule has 1 amide bonds. The van der Waals surface area contributed by atoms with Gasteiger partial charge >= 0.3 is 0 Å². The Kier molecular flexibility index (Phi) is 6.79. The van der Waals surface area contributed by atoms with Gasteiger partial charge in [0.05, 0.1) is 18.1 Å². The number of benzene rings is 2. The summed E-state index contributed by atoms with van der Waals surface area (Å²) in [4.78, 5) is 26.2. The number of methoxy groups -OCH3 is 1. The normalized spacial score (nSPS) is 19.9. The monoisotopic (exact) mass is 400 g/mol. The first-order chi connectivity index (χ1) is 14.0. The van der Waals surface area contributed by atoms with Crippen LogP contribution in [0.2, 0.25) is 0 Å². The second kappa shape index (κ2) is 9.49. The number of carbonyl (C=O) groups excluding carboxylic acids is 1. The van der Waals surface area contributed by atoms with Gasteiger partial charge in [0, 0.05) is 5.56 Å². The number of nitro groups is 1. The molecule has 1 aliphatic heterocycles. The lowest BCUT2D eigenvalue weighted by atomic mass is 10.1. The van der Waals surface area contributed by atoms with Gasteiger partial charge in [-0.25, -0.2) is 0 Å². The highest BCUT2D eigenvalue weighted by Crippen LogP contribution is 2.28. The van der Waals surface area contributed by atoms with E-state index < -0.39 is 4.92 Å². The van der Waals surface area contributed by atoms with Gasteiger partial charge in [-0.15, -0.1) is 0 Å². The van der Waals surface area contributed by atoms with E-state index in [1.165, 1.54) is 34.6 Å². The SMILES string of the molecule is COc1ccc(NC(=O)[C@H](C)[NH+]2CC[NH+](Cc3ccccc3)CC2)c([N+](=O)[O-])c1. The Bertz CT molecular complexity index is 851. The molecule has 1 fully saturated rings. The molecule has 8 nitrogen and oxygen atoms in total. The molecule has 3 rings (SSSR count). The Morgan fingerprint density at radius 3 is 2.48 bits per heavy atom. The third-order valence-corrected chi connectivity index (χ3v) is 5.56. The number of hydrogen-bond acceptors (Lipinski definition) is 4. The van der Waals surface area contributed by atoms with Gasteiger partial charge in [0.1, 0.15) is 44.2 Å². The third kappa shape index (κ3) is 5.30. The van der Waals surface area contributed by atoms with Crippen molar-refractivity contribution in [2.24, 2.45) is 0 Å². The van der Waals surface area contributed by atoms with Crippen molar-refractivity contribution in [2.75, 3.05) is 38.6 Å². The largest absolute Gasteiger partial charge is 0.496 e. The highest BCUT2D eigenvalue weighted by molar-refractivity contribution is 5.95. The molecule has 0 saturated carbocycles. The minimum atomic E-state index is -0.513. The fraction of sp³-hybridized carbons (Fsp3) is 0.381. The number of rotatable bonds is 7. The molecule has 2 aromatic rings. The van der Waals surface area contributed by atoms with Crippen molar-refractivity contribution in [1.82, 2.24) is 0 Å². The minimum absolute atomic E-state index is 0.169. The zero-order valence-electron chi connectivity index (χ0n) is 16.8. The molecular formula is C21H28N4O4+2. The summed E-state index contributed by atoms with van der Waals surface area (Å²) in [6.45, 7) is 6.63. The van der Waals surface area contributed by atoms with Crippen molar-refractivity contribution in [2.45, 2.75) is 19.5 Å². The smallest absolute Gasteiger partial charge is 0.296 e. The Balaban J connectivity index is 1.57. The van der Waals surface area contributed by atoms with E-state index in [9.17, 15) is 14.9 Å². The highest BCUT2D eigenvalue weighted by Gasteiger charge is 2.32. The molecule has 1 saturated heterocycles. The van der Waals surface area contributed by atoms with E-state index >= 15 is 0 Å². The van der Waals surface area contributed by atoms with E-state index in [0.717, 1.165) is 32.7 Å². The van der Waals surface area contributed by atoms with E-state index in [4.69, 9.17) is 4.74 Å². The lowest BCUT2D eigenvalue weighted by Crippen LogP contribution is -3.29. The maximum absolute atomic E-state index is 12.7. The Morgan fingerprint density at radius 2 is 1.86 bits per heavy atom. The zero-order chi connectivity index (χ0) is 20.8. The van der Waals surface area contributed by atoms with Gasteiger partial charge in [0.15, 0.2) is 6.04 Å². The lowest BCUT2D eigenvalue weighted by Gasteiger charge is -2.32. The van der Waals surface area contributed by atoms with Crippen LogP contribution in [0.15, 0.2) is 48.5 Å². The molecule has 1 atom stereocenters. The summed E-state index contributed by atoms with van der Waals surface area (Å²) >= 11 is 0. The summed E-state index contributed by atoms with van der Waals surface area (Å²) in [5.74, 6) is 0.172. The van der Waals surface area contributed by atoms with Crippen LogP contribution in [0.4, 0.5) is 11.4 Å². The summed E-state index contributed by atoms with van der Waals surface area (Å²) in [6.07, 6.45) is 0. The van der Waals surface area contributed by atoms with Crippen molar-refractivity contribution in [3.8, 4) is 5.75 Å². The first-order valence-electron chi connectivity index (χ1n) is 9.83. The molecule has 8 heteroatoms. The number of nitrogens with one attached hydrogen (secondary N) is 3. The average Bonchev–Trinajstić information content (AvgIpc) is 2.74. The molecule has 0 spiro atoms. The predicted molar refractivity (Wildman–Crippen MR) is 109 cm³/mol. The van der Waals surface area contributed by atoms with Crippen LogP contribution in [0.1, 0.15) is 12.5 Å². The zero-order valence-corrected chi connectivity index (χ0v) is 16.8. The minimum Gasteiger partial charge on any atom is -0.496 e. The van der Waals surface area contributed by atoms with Gasteiger partial charge in [0.25, 0.3) is 11.6 Å². The number of nitrogens with zero attached hydrogens (tertiary/aromatic N) is 1. The van der Waals surface area contributed by atoms with E-state index in [0.29, 0.717) is 5.75 Å². The number of amides is 1. The summed E-state index contributed by atoms with van der Waals surface area (Å²) < 4.78 is 5.04. The predicted octanol–water partition coefficient (Wildman–Crippen LogP) is -0.0860. The summed E-state index contributed by atoms with van der Waals surface area (Å²) in [7, 11) is 1.45. The highest BCUT2D eigenvalue weighted by atomic mass is 16.6. The summed E-state index contributed by atoms with van der Waals surface area (Å²) in [5.41, 5.74) is 1.35. The number of nitro benzene ring substituents is 1. The molecule has 0 aromatic heterocycles. The van der Waals surface area contributed by atoms with Crippen LogP contribution in [0.5, 0.6) is 5.75 Å². The van der Waals surface area contributed by atoms with Crippen molar-refractivity contribution in [3.63, 3.8) is 0 Å². The summed E-state index contributed by atoms with van der Waals surface area (Å²) in [6, 6.07) is 14.6. The number of ether oxygens (including phenoxy) is 1. The van der Waals surface area contributed by atoms with Crippen LogP contribution < -0.4 is 19.9 Å². The van der Waals surface area contributed by atoms with Gasteiger partial charge in [0.2, 0.25) is 0 Å². The Labute approximate surface area is 170 Å². The van der Waals surface area contributed by atoms with Crippen molar-refractivity contribution in [1.29, 1.82) is 0 Å². The van der Waals surface area contributed by atoms with Gasteiger partial charge in [-0.1, -0.05) is 30.3 Å². The van der Waals surface area contributed by atoms with E-state index in [-0.39, 0.29) is 23.3 Å². The fourth-order valence-electron chi connectivity index (χ4n) is 3.74. The number of quaternary nitrogens is 2. The van der Waals surface area contributed by atoms with Crippen LogP contribution >= 0.6 is 0 Å².